The summed E-state index contributed by atoms with van der Waals surface area (Å²) >= 11 is 5.70. The van der Waals surface area contributed by atoms with Gasteiger partial charge in [-0.25, -0.2) is 9.40 Å². The molecule has 2 fully saturated rings. The summed E-state index contributed by atoms with van der Waals surface area (Å²) in [7, 11) is 0. The summed E-state index contributed by atoms with van der Waals surface area (Å²) in [5, 5.41) is 1.28. The first-order valence-corrected chi connectivity index (χ1v) is 7.05. The smallest absolute Gasteiger partial charge is 0.249 e. The molecule has 1 N–H and O–H groups in total. The molecule has 0 bridgehead atoms. The summed E-state index contributed by atoms with van der Waals surface area (Å²) in [6.07, 6.45) is 3.29. The van der Waals surface area contributed by atoms with Crippen LogP contribution < -0.4 is 10.4 Å². The normalized spacial score (nSPS) is 26.2. The van der Waals surface area contributed by atoms with Crippen LogP contribution >= 0.6 is 11.6 Å². The summed E-state index contributed by atoms with van der Waals surface area (Å²) in [5.41, 5.74) is 2.54. The molecule has 106 valence electrons. The Bertz CT molecular complexity index is 578. The van der Waals surface area contributed by atoms with E-state index in [-0.39, 0.29) is 34.4 Å². The number of rotatable bonds is 1. The number of hydrazine groups is 1. The van der Waals surface area contributed by atoms with Crippen molar-refractivity contribution in [2.24, 2.45) is 11.8 Å². The van der Waals surface area contributed by atoms with Crippen LogP contribution in [-0.4, -0.2) is 11.8 Å². The lowest BCUT2D eigenvalue weighted by atomic mass is 9.77. The molecule has 6 heteroatoms. The SMILES string of the molecule is O=C1NN(c2ccc(Cl)cc2F)C(=O)[C@H]2CCCC[C@@H]12. The first-order chi connectivity index (χ1) is 9.58. The largest absolute Gasteiger partial charge is 0.273 e. The van der Waals surface area contributed by atoms with Crippen molar-refractivity contribution in [3.63, 3.8) is 0 Å². The van der Waals surface area contributed by atoms with Gasteiger partial charge in [0.1, 0.15) is 11.5 Å². The van der Waals surface area contributed by atoms with Crippen LogP contribution in [0, 0.1) is 17.7 Å². The molecule has 0 aromatic heterocycles. The third-order valence-electron chi connectivity index (χ3n) is 4.01. The highest BCUT2D eigenvalue weighted by atomic mass is 35.5. The average molecular weight is 297 g/mol. The third kappa shape index (κ3) is 2.16. The average Bonchev–Trinajstić information content (AvgIpc) is 2.43. The molecule has 0 unspecified atom stereocenters. The van der Waals surface area contributed by atoms with Crippen LogP contribution in [0.3, 0.4) is 0 Å². The highest BCUT2D eigenvalue weighted by Gasteiger charge is 2.44. The van der Waals surface area contributed by atoms with Crippen molar-refractivity contribution in [3.05, 3.63) is 29.0 Å². The molecule has 1 heterocycles. The molecule has 2 atom stereocenters. The number of fused-ring (bicyclic) bond motifs is 1. The summed E-state index contributed by atoms with van der Waals surface area (Å²) in [4.78, 5) is 24.5. The minimum Gasteiger partial charge on any atom is -0.273 e. The Morgan fingerprint density at radius 3 is 2.60 bits per heavy atom. The van der Waals surface area contributed by atoms with Crippen LogP contribution in [0.1, 0.15) is 25.7 Å². The minimum absolute atomic E-state index is 0.0387. The van der Waals surface area contributed by atoms with Gasteiger partial charge in [-0.2, -0.15) is 0 Å². The second kappa shape index (κ2) is 5.05. The number of amides is 2. The molecule has 4 nitrogen and oxygen atoms in total. The number of carbonyl (C=O) groups is 2. The summed E-state index contributed by atoms with van der Waals surface area (Å²) in [5.74, 6) is -1.69. The molecule has 1 aliphatic carbocycles. The van der Waals surface area contributed by atoms with Crippen molar-refractivity contribution in [2.75, 3.05) is 5.01 Å². The minimum atomic E-state index is -0.625. The zero-order valence-electron chi connectivity index (χ0n) is 10.7. The molecule has 1 aromatic rings. The van der Waals surface area contributed by atoms with Gasteiger partial charge in [0.15, 0.2) is 0 Å². The Morgan fingerprint density at radius 1 is 1.20 bits per heavy atom. The molecule has 1 aliphatic heterocycles. The fourth-order valence-corrected chi connectivity index (χ4v) is 3.15. The second-order valence-electron chi connectivity index (χ2n) is 5.24. The van der Waals surface area contributed by atoms with Crippen molar-refractivity contribution in [1.82, 2.24) is 5.43 Å². The van der Waals surface area contributed by atoms with Crippen LogP contribution in [-0.2, 0) is 9.59 Å². The predicted molar refractivity (Wildman–Crippen MR) is 72.5 cm³/mol. The van der Waals surface area contributed by atoms with Crippen molar-refractivity contribution in [3.8, 4) is 0 Å². The van der Waals surface area contributed by atoms with E-state index >= 15 is 0 Å². The fraction of sp³-hybridized carbons (Fsp3) is 0.429. The third-order valence-corrected chi connectivity index (χ3v) is 4.25. The van der Waals surface area contributed by atoms with E-state index in [2.05, 4.69) is 5.43 Å². The van der Waals surface area contributed by atoms with E-state index in [0.29, 0.717) is 6.42 Å². The standard InChI is InChI=1S/C14H14ClFN2O2/c15-8-5-6-12(11(16)7-8)18-14(20)10-4-2-1-3-9(10)13(19)17-18/h5-7,9-10H,1-4H2,(H,17,19)/t9-,10+/m1/s1. The van der Waals surface area contributed by atoms with Gasteiger partial charge in [-0.15, -0.1) is 0 Å². The van der Waals surface area contributed by atoms with Crippen LogP contribution in [0.15, 0.2) is 18.2 Å². The molecule has 3 rings (SSSR count). The van der Waals surface area contributed by atoms with E-state index in [1.165, 1.54) is 12.1 Å². The van der Waals surface area contributed by atoms with Crippen molar-refractivity contribution in [2.45, 2.75) is 25.7 Å². The number of hydrogen-bond donors (Lipinski definition) is 1. The van der Waals surface area contributed by atoms with Gasteiger partial charge < -0.3 is 0 Å². The lowest BCUT2D eigenvalue weighted by Crippen LogP contribution is -2.59. The Labute approximate surface area is 120 Å². The summed E-state index contributed by atoms with van der Waals surface area (Å²) in [6, 6.07) is 4.02. The number of anilines is 1. The molecule has 1 saturated carbocycles. The second-order valence-corrected chi connectivity index (χ2v) is 5.68. The van der Waals surface area contributed by atoms with Crippen molar-refractivity contribution >= 4 is 29.1 Å². The number of carbonyl (C=O) groups excluding carboxylic acids is 2. The number of nitrogens with one attached hydrogen (secondary N) is 1. The van der Waals surface area contributed by atoms with Crippen LogP contribution in [0.2, 0.25) is 5.02 Å². The lowest BCUT2D eigenvalue weighted by molar-refractivity contribution is -0.141. The zero-order valence-corrected chi connectivity index (χ0v) is 11.5. The Morgan fingerprint density at radius 2 is 1.90 bits per heavy atom. The van der Waals surface area contributed by atoms with Gasteiger partial charge in [0.2, 0.25) is 11.8 Å². The van der Waals surface area contributed by atoms with E-state index in [1.54, 1.807) is 0 Å². The van der Waals surface area contributed by atoms with E-state index in [1.807, 2.05) is 0 Å². The molecule has 1 aromatic carbocycles. The van der Waals surface area contributed by atoms with E-state index in [9.17, 15) is 14.0 Å². The Balaban J connectivity index is 1.94. The Hall–Kier alpha value is -1.62. The molecule has 0 radical (unpaired) electrons. The van der Waals surface area contributed by atoms with Gasteiger partial charge in [0, 0.05) is 5.02 Å². The molecule has 0 spiro atoms. The van der Waals surface area contributed by atoms with E-state index in [0.717, 1.165) is 30.3 Å². The summed E-state index contributed by atoms with van der Waals surface area (Å²) < 4.78 is 13.9. The highest BCUT2D eigenvalue weighted by molar-refractivity contribution is 6.30. The van der Waals surface area contributed by atoms with Crippen molar-refractivity contribution in [1.29, 1.82) is 0 Å². The maximum absolute atomic E-state index is 13.9. The lowest BCUT2D eigenvalue weighted by Gasteiger charge is -2.39. The maximum atomic E-state index is 13.9. The summed E-state index contributed by atoms with van der Waals surface area (Å²) in [6.45, 7) is 0. The number of halogens is 2. The van der Waals surface area contributed by atoms with Crippen LogP contribution in [0.4, 0.5) is 10.1 Å². The molecular formula is C14H14ClFN2O2. The molecular weight excluding hydrogens is 283 g/mol. The number of nitrogens with zero attached hydrogens (tertiary/aromatic N) is 1. The predicted octanol–water partition coefficient (Wildman–Crippen LogP) is 2.66. The van der Waals surface area contributed by atoms with Crippen LogP contribution in [0.5, 0.6) is 0 Å². The maximum Gasteiger partial charge on any atom is 0.249 e. The monoisotopic (exact) mass is 296 g/mol. The molecule has 1 saturated heterocycles. The zero-order chi connectivity index (χ0) is 14.3. The van der Waals surface area contributed by atoms with Crippen LogP contribution in [0.25, 0.3) is 0 Å². The quantitative estimate of drug-likeness (QED) is 0.866. The fourth-order valence-electron chi connectivity index (χ4n) is 3.00. The molecule has 20 heavy (non-hydrogen) atoms. The van der Waals surface area contributed by atoms with Gasteiger partial charge in [-0.3, -0.25) is 15.0 Å². The van der Waals surface area contributed by atoms with Gasteiger partial charge in [0.05, 0.1) is 11.8 Å². The number of benzene rings is 1. The van der Waals surface area contributed by atoms with E-state index in [4.69, 9.17) is 11.6 Å². The van der Waals surface area contributed by atoms with E-state index < -0.39 is 5.82 Å². The Kier molecular flexibility index (Phi) is 3.38. The van der Waals surface area contributed by atoms with Gasteiger partial charge in [0.25, 0.3) is 0 Å². The highest BCUT2D eigenvalue weighted by Crippen LogP contribution is 2.36. The molecule has 2 amide bonds. The first kappa shape index (κ1) is 13.4. The number of hydrogen-bond acceptors (Lipinski definition) is 2. The first-order valence-electron chi connectivity index (χ1n) is 6.67. The van der Waals surface area contributed by atoms with Gasteiger partial charge in [-0.05, 0) is 31.0 Å². The molecule has 2 aliphatic rings. The van der Waals surface area contributed by atoms with Crippen molar-refractivity contribution < 1.29 is 14.0 Å². The van der Waals surface area contributed by atoms with Gasteiger partial charge >= 0.3 is 0 Å². The topological polar surface area (TPSA) is 49.4 Å². The van der Waals surface area contributed by atoms with Gasteiger partial charge in [-0.1, -0.05) is 24.4 Å².